The number of nitro groups is 1. The van der Waals surface area contributed by atoms with E-state index in [1.165, 1.54) is 0 Å². The fourth-order valence-electron chi connectivity index (χ4n) is 1.42. The number of rotatable bonds is 3. The van der Waals surface area contributed by atoms with E-state index in [2.05, 4.69) is 10.3 Å². The van der Waals surface area contributed by atoms with Crippen LogP contribution in [0.1, 0.15) is 5.56 Å². The molecule has 0 amide bonds. The number of halogens is 1. The fraction of sp³-hybridized carbons (Fsp3) is 0.100. The molecule has 1 aromatic heterocycles. The van der Waals surface area contributed by atoms with Crippen LogP contribution in [-0.2, 0) is 6.54 Å². The zero-order chi connectivity index (χ0) is 12.3. The van der Waals surface area contributed by atoms with Crippen LogP contribution < -0.4 is 5.32 Å². The molecule has 0 saturated heterocycles. The summed E-state index contributed by atoms with van der Waals surface area (Å²) < 4.78 is 0. The average molecular weight is 253 g/mol. The topological polar surface area (TPSA) is 71.3 Å². The molecule has 0 aromatic carbocycles. The third-order valence-corrected chi connectivity index (χ3v) is 2.39. The van der Waals surface area contributed by atoms with E-state index in [1.54, 1.807) is 29.6 Å². The molecule has 0 aliphatic carbocycles. The second-order valence-corrected chi connectivity index (χ2v) is 3.76. The van der Waals surface area contributed by atoms with Gasteiger partial charge in [0.05, 0.1) is 11.5 Å². The second kappa shape index (κ2) is 4.84. The highest BCUT2D eigenvalue weighted by atomic mass is 35.5. The minimum atomic E-state index is -0.498. The van der Waals surface area contributed by atoms with Crippen molar-refractivity contribution in [3.63, 3.8) is 0 Å². The number of hydrogen-bond donors (Lipinski definition) is 1. The molecule has 0 spiro atoms. The van der Waals surface area contributed by atoms with Gasteiger partial charge in [-0.25, -0.2) is 4.98 Å². The summed E-state index contributed by atoms with van der Waals surface area (Å²) in [5, 5.41) is 13.6. The van der Waals surface area contributed by atoms with Gasteiger partial charge in [0.15, 0.2) is 5.82 Å². The van der Waals surface area contributed by atoms with Crippen LogP contribution in [0.2, 0.25) is 5.15 Å². The van der Waals surface area contributed by atoms with Crippen LogP contribution in [0.15, 0.2) is 42.8 Å². The van der Waals surface area contributed by atoms with E-state index in [-0.39, 0.29) is 0 Å². The van der Waals surface area contributed by atoms with Gasteiger partial charge in [-0.15, -0.1) is 0 Å². The molecule has 0 unspecified atom stereocenters. The van der Waals surface area contributed by atoms with E-state index >= 15 is 0 Å². The predicted octanol–water partition coefficient (Wildman–Crippen LogP) is 1.69. The molecule has 6 nitrogen and oxygen atoms in total. The lowest BCUT2D eigenvalue weighted by atomic mass is 10.3. The minimum Gasteiger partial charge on any atom is -0.341 e. The molecule has 1 aromatic rings. The molecule has 1 N–H and O–H groups in total. The molecular weight excluding hydrogens is 244 g/mol. The van der Waals surface area contributed by atoms with Crippen LogP contribution in [0.5, 0.6) is 0 Å². The van der Waals surface area contributed by atoms with Gasteiger partial charge in [0, 0.05) is 18.6 Å². The summed E-state index contributed by atoms with van der Waals surface area (Å²) in [6, 6.07) is 3.51. The van der Waals surface area contributed by atoms with Crippen LogP contribution in [0, 0.1) is 10.1 Å². The molecule has 0 atom stereocenters. The Hall–Kier alpha value is -2.08. The van der Waals surface area contributed by atoms with Gasteiger partial charge in [-0.05, 0) is 11.6 Å². The van der Waals surface area contributed by atoms with Crippen LogP contribution in [0.3, 0.4) is 0 Å². The van der Waals surface area contributed by atoms with Crippen molar-refractivity contribution in [1.29, 1.82) is 0 Å². The molecule has 1 aliphatic rings. The number of nitrogens with zero attached hydrogens (tertiary/aromatic N) is 3. The summed E-state index contributed by atoms with van der Waals surface area (Å²) in [6.45, 7) is 0.493. The lowest BCUT2D eigenvalue weighted by Crippen LogP contribution is -2.19. The van der Waals surface area contributed by atoms with Crippen molar-refractivity contribution in [2.75, 3.05) is 0 Å². The first-order chi connectivity index (χ1) is 8.15. The van der Waals surface area contributed by atoms with Crippen molar-refractivity contribution in [1.82, 2.24) is 15.2 Å². The van der Waals surface area contributed by atoms with E-state index in [0.29, 0.717) is 17.5 Å². The average Bonchev–Trinajstić information content (AvgIpc) is 2.68. The maximum Gasteiger partial charge on any atom is 0.274 e. The van der Waals surface area contributed by atoms with E-state index in [4.69, 9.17) is 11.6 Å². The Kier molecular flexibility index (Phi) is 3.24. The molecule has 0 saturated carbocycles. The molecule has 1 aliphatic heterocycles. The zero-order valence-electron chi connectivity index (χ0n) is 8.71. The van der Waals surface area contributed by atoms with Gasteiger partial charge in [0.1, 0.15) is 5.15 Å². The van der Waals surface area contributed by atoms with Gasteiger partial charge in [-0.2, -0.15) is 0 Å². The van der Waals surface area contributed by atoms with Crippen molar-refractivity contribution >= 4 is 11.6 Å². The second-order valence-electron chi connectivity index (χ2n) is 3.38. The quantitative estimate of drug-likeness (QED) is 0.504. The fourth-order valence-corrected chi connectivity index (χ4v) is 1.53. The summed E-state index contributed by atoms with van der Waals surface area (Å²) in [5.74, 6) is 0.421. The highest BCUT2D eigenvalue weighted by molar-refractivity contribution is 6.29. The zero-order valence-corrected chi connectivity index (χ0v) is 9.46. The van der Waals surface area contributed by atoms with Crippen molar-refractivity contribution in [2.24, 2.45) is 0 Å². The minimum absolute atomic E-state index is 0.421. The Bertz CT molecular complexity index is 484. The normalized spacial score (nSPS) is 16.3. The maximum atomic E-state index is 10.4. The molecular formula is C10H9ClN4O2. The first kappa shape index (κ1) is 11.4. The van der Waals surface area contributed by atoms with Gasteiger partial charge in [-0.3, -0.25) is 10.1 Å². The Labute approximate surface area is 102 Å². The molecule has 88 valence electrons. The Balaban J connectivity index is 2.10. The Morgan fingerprint density at radius 1 is 1.59 bits per heavy atom. The lowest BCUT2D eigenvalue weighted by Gasteiger charge is -2.15. The summed E-state index contributed by atoms with van der Waals surface area (Å²) in [6.07, 6.45) is 5.92. The first-order valence-corrected chi connectivity index (χ1v) is 5.18. The van der Waals surface area contributed by atoms with Gasteiger partial charge in [0.2, 0.25) is 0 Å². The molecule has 0 fully saturated rings. The third kappa shape index (κ3) is 2.94. The van der Waals surface area contributed by atoms with E-state index < -0.39 is 4.92 Å². The number of hydrogen-bond acceptors (Lipinski definition) is 5. The summed E-state index contributed by atoms with van der Waals surface area (Å²) >= 11 is 5.67. The van der Waals surface area contributed by atoms with E-state index in [0.717, 1.165) is 11.8 Å². The van der Waals surface area contributed by atoms with Gasteiger partial charge in [0.25, 0.3) is 6.20 Å². The van der Waals surface area contributed by atoms with Crippen LogP contribution in [0.25, 0.3) is 0 Å². The summed E-state index contributed by atoms with van der Waals surface area (Å²) in [4.78, 5) is 15.6. The van der Waals surface area contributed by atoms with Crippen LogP contribution in [0.4, 0.5) is 0 Å². The highest BCUT2D eigenvalue weighted by Gasteiger charge is 2.15. The molecule has 0 bridgehead atoms. The molecule has 2 rings (SSSR count). The SMILES string of the molecule is O=[N+]([O-])C=C1NC=CN1Cc1ccc(Cl)nc1. The molecule has 17 heavy (non-hydrogen) atoms. The third-order valence-electron chi connectivity index (χ3n) is 2.16. The van der Waals surface area contributed by atoms with E-state index in [9.17, 15) is 10.1 Å². The predicted molar refractivity (Wildman–Crippen MR) is 62.1 cm³/mol. The van der Waals surface area contributed by atoms with Crippen molar-refractivity contribution in [2.45, 2.75) is 6.54 Å². The standard InChI is InChI=1S/C10H9ClN4O2/c11-9-2-1-8(5-13-9)6-14-4-3-12-10(14)7-15(16)17/h1-5,7,12H,6H2. The first-order valence-electron chi connectivity index (χ1n) is 4.81. The molecule has 7 heteroatoms. The monoisotopic (exact) mass is 252 g/mol. The van der Waals surface area contributed by atoms with E-state index in [1.807, 2.05) is 6.07 Å². The van der Waals surface area contributed by atoms with Crippen molar-refractivity contribution in [3.05, 3.63) is 63.6 Å². The Morgan fingerprint density at radius 3 is 3.06 bits per heavy atom. The van der Waals surface area contributed by atoms with Gasteiger partial charge < -0.3 is 10.2 Å². The van der Waals surface area contributed by atoms with Gasteiger partial charge in [-0.1, -0.05) is 17.7 Å². The molecule has 0 radical (unpaired) electrons. The number of pyridine rings is 1. The van der Waals surface area contributed by atoms with Crippen molar-refractivity contribution in [3.8, 4) is 0 Å². The highest BCUT2D eigenvalue weighted by Crippen LogP contribution is 2.14. The van der Waals surface area contributed by atoms with Gasteiger partial charge >= 0.3 is 0 Å². The van der Waals surface area contributed by atoms with Crippen molar-refractivity contribution < 1.29 is 4.92 Å². The smallest absolute Gasteiger partial charge is 0.274 e. The largest absolute Gasteiger partial charge is 0.341 e. The number of aromatic nitrogens is 1. The molecule has 2 heterocycles. The van der Waals surface area contributed by atoms with Crippen LogP contribution >= 0.6 is 11.6 Å². The summed E-state index contributed by atoms with van der Waals surface area (Å²) in [7, 11) is 0. The Morgan fingerprint density at radius 2 is 2.41 bits per heavy atom. The number of nitrogens with one attached hydrogen (secondary N) is 1. The maximum absolute atomic E-state index is 10.4. The summed E-state index contributed by atoms with van der Waals surface area (Å²) in [5.41, 5.74) is 0.914. The lowest BCUT2D eigenvalue weighted by molar-refractivity contribution is -0.404. The van der Waals surface area contributed by atoms with Crippen LogP contribution in [-0.4, -0.2) is 14.8 Å².